The number of carbonyl (C=O) groups excluding carboxylic acids is 1. The van der Waals surface area contributed by atoms with E-state index in [1.165, 1.54) is 6.07 Å². The molecular weight excluding hydrogens is 411 g/mol. The molecule has 1 aromatic heterocycles. The topological polar surface area (TPSA) is 91.4 Å². The Morgan fingerprint density at radius 1 is 1.37 bits per heavy atom. The van der Waals surface area contributed by atoms with Crippen LogP contribution in [0.4, 0.5) is 20.7 Å². The standard InChI is InChI=1S/C20H25FN6O2.ClH/c1-3-23-20(28)24-13-4-5-14(16(21)8-13)18-25-17-10-22-9-15(17)19(26-18)27-6-7-29-11-12(27)2;/h4-5,8,12,22H,3,6-7,9-11H2,1-2H3,(H2,23,24,28);1H. The van der Waals surface area contributed by atoms with Gasteiger partial charge in [0.15, 0.2) is 5.82 Å². The predicted molar refractivity (Wildman–Crippen MR) is 116 cm³/mol. The van der Waals surface area contributed by atoms with Crippen LogP contribution in [0.1, 0.15) is 25.1 Å². The average molecular weight is 437 g/mol. The van der Waals surface area contributed by atoms with Crippen LogP contribution in [-0.4, -0.2) is 48.3 Å². The average Bonchev–Trinajstić information content (AvgIpc) is 3.17. The Kier molecular flexibility index (Phi) is 7.06. The lowest BCUT2D eigenvalue weighted by Crippen LogP contribution is -2.44. The molecule has 0 saturated carbocycles. The van der Waals surface area contributed by atoms with E-state index in [-0.39, 0.29) is 24.5 Å². The minimum Gasteiger partial charge on any atom is -0.377 e. The Morgan fingerprint density at radius 2 is 2.20 bits per heavy atom. The van der Waals surface area contributed by atoms with E-state index in [4.69, 9.17) is 9.72 Å². The summed E-state index contributed by atoms with van der Waals surface area (Å²) in [6.07, 6.45) is 0. The van der Waals surface area contributed by atoms with Gasteiger partial charge in [-0.3, -0.25) is 0 Å². The van der Waals surface area contributed by atoms with Gasteiger partial charge in [-0.25, -0.2) is 19.2 Å². The van der Waals surface area contributed by atoms with Crippen LogP contribution in [0.5, 0.6) is 0 Å². The van der Waals surface area contributed by atoms with Gasteiger partial charge in [0.05, 0.1) is 30.5 Å². The van der Waals surface area contributed by atoms with Crippen molar-refractivity contribution in [2.45, 2.75) is 33.0 Å². The normalized spacial score (nSPS) is 17.8. The number of rotatable bonds is 4. The number of hydrogen-bond donors (Lipinski definition) is 3. The number of aromatic nitrogens is 2. The van der Waals surface area contributed by atoms with E-state index in [0.717, 1.165) is 23.6 Å². The highest BCUT2D eigenvalue weighted by Crippen LogP contribution is 2.31. The maximum atomic E-state index is 14.9. The van der Waals surface area contributed by atoms with Crippen LogP contribution in [0, 0.1) is 5.82 Å². The number of morpholine rings is 1. The van der Waals surface area contributed by atoms with Gasteiger partial charge in [-0.15, -0.1) is 12.4 Å². The Hall–Kier alpha value is -2.49. The zero-order chi connectivity index (χ0) is 20.4. The molecule has 3 N–H and O–H groups in total. The SMILES string of the molecule is CCNC(=O)Nc1ccc(-c2nc3c(c(N4CCOCC4C)n2)CNC3)c(F)c1.Cl. The molecule has 2 aromatic rings. The summed E-state index contributed by atoms with van der Waals surface area (Å²) < 4.78 is 20.4. The number of fused-ring (bicyclic) bond motifs is 1. The second-order valence-electron chi connectivity index (χ2n) is 7.20. The number of amides is 2. The van der Waals surface area contributed by atoms with E-state index in [1.54, 1.807) is 12.1 Å². The molecule has 162 valence electrons. The molecular formula is C20H26ClFN6O2. The lowest BCUT2D eigenvalue weighted by atomic mass is 10.1. The van der Waals surface area contributed by atoms with Crippen molar-refractivity contribution in [1.82, 2.24) is 20.6 Å². The maximum absolute atomic E-state index is 14.9. The van der Waals surface area contributed by atoms with Crippen LogP contribution in [-0.2, 0) is 17.8 Å². The third-order valence-corrected chi connectivity index (χ3v) is 5.11. The van der Waals surface area contributed by atoms with Crippen molar-refractivity contribution in [2.24, 2.45) is 0 Å². The van der Waals surface area contributed by atoms with Crippen molar-refractivity contribution in [1.29, 1.82) is 0 Å². The zero-order valence-electron chi connectivity index (χ0n) is 17.0. The Bertz CT molecular complexity index is 928. The number of anilines is 2. The first kappa shape index (κ1) is 22.2. The summed E-state index contributed by atoms with van der Waals surface area (Å²) in [5.41, 5.74) is 2.65. The first-order valence-corrected chi connectivity index (χ1v) is 9.86. The van der Waals surface area contributed by atoms with Crippen LogP contribution < -0.4 is 20.9 Å². The van der Waals surface area contributed by atoms with Gasteiger partial charge in [0, 0.05) is 37.4 Å². The molecule has 2 aliphatic rings. The summed E-state index contributed by atoms with van der Waals surface area (Å²) in [5.74, 6) is 0.712. The van der Waals surface area contributed by atoms with Gasteiger partial charge in [0.2, 0.25) is 0 Å². The van der Waals surface area contributed by atoms with E-state index in [9.17, 15) is 9.18 Å². The summed E-state index contributed by atoms with van der Waals surface area (Å²) in [6, 6.07) is 4.36. The van der Waals surface area contributed by atoms with E-state index < -0.39 is 5.82 Å². The number of halogens is 2. The fourth-order valence-corrected chi connectivity index (χ4v) is 3.66. The van der Waals surface area contributed by atoms with E-state index in [2.05, 4.69) is 32.8 Å². The van der Waals surface area contributed by atoms with Gasteiger partial charge in [-0.05, 0) is 32.0 Å². The van der Waals surface area contributed by atoms with Crippen molar-refractivity contribution in [3.8, 4) is 11.4 Å². The Balaban J connectivity index is 0.00000256. The monoisotopic (exact) mass is 436 g/mol. The molecule has 10 heteroatoms. The molecule has 2 aliphatic heterocycles. The molecule has 1 saturated heterocycles. The highest BCUT2D eigenvalue weighted by molar-refractivity contribution is 5.89. The quantitative estimate of drug-likeness (QED) is 0.682. The number of carbonyl (C=O) groups is 1. The number of nitrogens with zero attached hydrogens (tertiary/aromatic N) is 3. The highest BCUT2D eigenvalue weighted by Gasteiger charge is 2.28. The lowest BCUT2D eigenvalue weighted by molar-refractivity contribution is 0.0984. The minimum atomic E-state index is -0.480. The third kappa shape index (κ3) is 4.48. The van der Waals surface area contributed by atoms with Crippen LogP contribution >= 0.6 is 12.4 Å². The smallest absolute Gasteiger partial charge is 0.319 e. The van der Waals surface area contributed by atoms with Crippen LogP contribution in [0.25, 0.3) is 11.4 Å². The summed E-state index contributed by atoms with van der Waals surface area (Å²) in [5, 5.41) is 8.54. The second kappa shape index (κ2) is 9.55. The molecule has 1 aromatic carbocycles. The molecule has 30 heavy (non-hydrogen) atoms. The van der Waals surface area contributed by atoms with E-state index >= 15 is 0 Å². The highest BCUT2D eigenvalue weighted by atomic mass is 35.5. The minimum absolute atomic E-state index is 0. The number of nitrogens with one attached hydrogen (secondary N) is 3. The fraction of sp³-hybridized carbons (Fsp3) is 0.450. The molecule has 1 fully saturated rings. The van der Waals surface area contributed by atoms with Crippen molar-refractivity contribution in [2.75, 3.05) is 36.5 Å². The zero-order valence-corrected chi connectivity index (χ0v) is 17.8. The number of benzene rings is 1. The third-order valence-electron chi connectivity index (χ3n) is 5.11. The van der Waals surface area contributed by atoms with Crippen molar-refractivity contribution < 1.29 is 13.9 Å². The number of ether oxygens (including phenoxy) is 1. The lowest BCUT2D eigenvalue weighted by Gasteiger charge is -2.35. The van der Waals surface area contributed by atoms with Gasteiger partial charge in [0.1, 0.15) is 11.6 Å². The molecule has 0 radical (unpaired) electrons. The Labute approximate surface area is 181 Å². The number of urea groups is 1. The van der Waals surface area contributed by atoms with E-state index in [0.29, 0.717) is 49.9 Å². The maximum Gasteiger partial charge on any atom is 0.319 e. The fourth-order valence-electron chi connectivity index (χ4n) is 3.66. The summed E-state index contributed by atoms with van der Waals surface area (Å²) in [6.45, 7) is 7.75. The van der Waals surface area contributed by atoms with Gasteiger partial charge in [-0.1, -0.05) is 0 Å². The molecule has 1 unspecified atom stereocenters. The molecule has 1 atom stereocenters. The number of hydrogen-bond acceptors (Lipinski definition) is 6. The molecule has 3 heterocycles. The van der Waals surface area contributed by atoms with Crippen molar-refractivity contribution in [3.63, 3.8) is 0 Å². The first-order chi connectivity index (χ1) is 14.1. The van der Waals surface area contributed by atoms with Crippen LogP contribution in [0.3, 0.4) is 0 Å². The summed E-state index contributed by atoms with van der Waals surface area (Å²) in [4.78, 5) is 23.2. The van der Waals surface area contributed by atoms with Crippen molar-refractivity contribution >= 4 is 29.9 Å². The van der Waals surface area contributed by atoms with Crippen LogP contribution in [0.15, 0.2) is 18.2 Å². The molecule has 8 nitrogen and oxygen atoms in total. The van der Waals surface area contributed by atoms with E-state index in [1.807, 2.05) is 6.92 Å². The molecule has 0 spiro atoms. The Morgan fingerprint density at radius 3 is 2.93 bits per heavy atom. The van der Waals surface area contributed by atoms with Crippen molar-refractivity contribution in [3.05, 3.63) is 35.3 Å². The molecule has 0 aliphatic carbocycles. The summed E-state index contributed by atoms with van der Waals surface area (Å²) in [7, 11) is 0. The first-order valence-electron chi connectivity index (χ1n) is 9.86. The predicted octanol–water partition coefficient (Wildman–Crippen LogP) is 2.67. The van der Waals surface area contributed by atoms with Gasteiger partial charge < -0.3 is 25.6 Å². The molecule has 0 bridgehead atoms. The summed E-state index contributed by atoms with van der Waals surface area (Å²) >= 11 is 0. The van der Waals surface area contributed by atoms with Crippen LogP contribution in [0.2, 0.25) is 0 Å². The van der Waals surface area contributed by atoms with Gasteiger partial charge >= 0.3 is 6.03 Å². The second-order valence-corrected chi connectivity index (χ2v) is 7.20. The largest absolute Gasteiger partial charge is 0.377 e. The molecule has 4 rings (SSSR count). The van der Waals surface area contributed by atoms with Gasteiger partial charge in [-0.2, -0.15) is 0 Å². The van der Waals surface area contributed by atoms with Gasteiger partial charge in [0.25, 0.3) is 0 Å². The molecule has 2 amide bonds.